The van der Waals surface area contributed by atoms with Gasteiger partial charge in [-0.15, -0.1) is 0 Å². The fraction of sp³-hybridized carbons (Fsp3) is 0.625. The average molecular weight is 188 g/mol. The summed E-state index contributed by atoms with van der Waals surface area (Å²) in [6.07, 6.45) is 4.20. The van der Waals surface area contributed by atoms with Crippen molar-refractivity contribution in [2.24, 2.45) is 0 Å². The van der Waals surface area contributed by atoms with E-state index in [0.29, 0.717) is 0 Å². The van der Waals surface area contributed by atoms with E-state index in [1.54, 1.807) is 0 Å². The van der Waals surface area contributed by atoms with Crippen LogP contribution in [0.4, 0.5) is 0 Å². The highest BCUT2D eigenvalue weighted by molar-refractivity contribution is 5.67. The van der Waals surface area contributed by atoms with Crippen LogP contribution in [0.25, 0.3) is 0 Å². The zero-order valence-electron chi connectivity index (χ0n) is 7.97. The summed E-state index contributed by atoms with van der Waals surface area (Å²) in [6.45, 7) is 3.54. The van der Waals surface area contributed by atoms with Crippen molar-refractivity contribution >= 4 is 5.97 Å². The Morgan fingerprint density at radius 2 is 2.08 bits per heavy atom. The highest BCUT2D eigenvalue weighted by Gasteiger charge is 2.03. The third-order valence-corrected chi connectivity index (χ3v) is 1.48. The monoisotopic (exact) mass is 188 g/mol. The van der Waals surface area contributed by atoms with Gasteiger partial charge in [-0.05, 0) is 6.92 Å². The molecule has 76 valence electrons. The Kier molecular flexibility index (Phi) is 5.71. The Morgan fingerprint density at radius 1 is 1.54 bits per heavy atom. The lowest BCUT2D eigenvalue weighted by Crippen LogP contribution is -2.21. The van der Waals surface area contributed by atoms with Crippen molar-refractivity contribution in [2.75, 3.05) is 26.9 Å². The molecule has 0 amide bonds. The molecule has 0 aliphatic carbocycles. The lowest BCUT2D eigenvalue weighted by atomic mass is 10.6. The highest BCUT2D eigenvalue weighted by atomic mass is 16.4. The second kappa shape index (κ2) is 6.30. The van der Waals surface area contributed by atoms with Crippen molar-refractivity contribution < 1.29 is 15.0 Å². The van der Waals surface area contributed by atoms with Gasteiger partial charge in [0.2, 0.25) is 0 Å². The molecule has 1 aliphatic heterocycles. The van der Waals surface area contributed by atoms with E-state index >= 15 is 0 Å². The number of aliphatic hydroxyl groups is 1. The number of carbonyl (C=O) groups is 1. The molecule has 0 saturated heterocycles. The van der Waals surface area contributed by atoms with Gasteiger partial charge in [-0.1, -0.05) is 0 Å². The molecule has 1 aliphatic rings. The zero-order valence-corrected chi connectivity index (χ0v) is 7.97. The van der Waals surface area contributed by atoms with Crippen molar-refractivity contribution in [1.82, 2.24) is 9.80 Å². The number of carboxylic acids is 1. The topological polar surface area (TPSA) is 64.0 Å². The second-order valence-corrected chi connectivity index (χ2v) is 2.65. The van der Waals surface area contributed by atoms with Gasteiger partial charge in [0.25, 0.3) is 0 Å². The van der Waals surface area contributed by atoms with Crippen molar-refractivity contribution in [3.05, 3.63) is 12.4 Å². The minimum absolute atomic E-state index is 0.778. The molecule has 1 heterocycles. The molecule has 13 heavy (non-hydrogen) atoms. The maximum absolute atomic E-state index is 9.12. The largest absolute Gasteiger partial charge is 0.480 e. The van der Waals surface area contributed by atoms with E-state index in [9.17, 15) is 0 Å². The van der Waals surface area contributed by atoms with Gasteiger partial charge in [-0.2, -0.15) is 0 Å². The molecule has 5 nitrogen and oxygen atoms in total. The third-order valence-electron chi connectivity index (χ3n) is 1.48. The van der Waals surface area contributed by atoms with Crippen LogP contribution in [0.15, 0.2) is 12.4 Å². The quantitative estimate of drug-likeness (QED) is 0.625. The number of aliphatic hydroxyl groups excluding tert-OH is 1. The van der Waals surface area contributed by atoms with E-state index in [1.807, 2.05) is 0 Å². The van der Waals surface area contributed by atoms with E-state index in [1.165, 1.54) is 0 Å². The molecule has 0 fully saturated rings. The third kappa shape index (κ3) is 5.98. The average Bonchev–Trinajstić information content (AvgIpc) is 2.52. The van der Waals surface area contributed by atoms with Crippen molar-refractivity contribution in [1.29, 1.82) is 0 Å². The maximum atomic E-state index is 9.12. The first-order chi connectivity index (χ1) is 6.10. The summed E-state index contributed by atoms with van der Waals surface area (Å²) in [5, 5.41) is 15.0. The summed E-state index contributed by atoms with van der Waals surface area (Å²) in [6, 6.07) is 0. The predicted octanol–water partition coefficient (Wildman–Crippen LogP) is -0.254. The van der Waals surface area contributed by atoms with Crippen molar-refractivity contribution in [3.63, 3.8) is 0 Å². The molecule has 0 aromatic rings. The summed E-state index contributed by atoms with van der Waals surface area (Å²) in [7, 11) is 2.08. The summed E-state index contributed by atoms with van der Waals surface area (Å²) < 4.78 is 0. The SMILES string of the molecule is CCN1C=CN(C)C1.O=C(O)CO. The smallest absolute Gasteiger partial charge is 0.329 e. The fourth-order valence-electron chi connectivity index (χ4n) is 0.794. The molecule has 1 rings (SSSR count). The summed E-state index contributed by atoms with van der Waals surface area (Å²) in [5.41, 5.74) is 0. The summed E-state index contributed by atoms with van der Waals surface area (Å²) in [4.78, 5) is 13.5. The number of nitrogens with zero attached hydrogens (tertiary/aromatic N) is 2. The molecule has 0 spiro atoms. The standard InChI is InChI=1S/C6H12N2.C2H4O3/c1-3-8-5-4-7(2)6-8;3-1-2(4)5/h4-5H,3,6H2,1-2H3;3H,1H2,(H,4,5). The first kappa shape index (κ1) is 11.8. The van der Waals surface area contributed by atoms with Crippen molar-refractivity contribution in [3.8, 4) is 0 Å². The van der Waals surface area contributed by atoms with E-state index in [0.717, 1.165) is 13.2 Å². The lowest BCUT2D eigenvalue weighted by Gasteiger charge is -2.14. The van der Waals surface area contributed by atoms with Gasteiger partial charge in [-0.25, -0.2) is 4.79 Å². The van der Waals surface area contributed by atoms with Crippen LogP contribution in [0.3, 0.4) is 0 Å². The van der Waals surface area contributed by atoms with Crippen LogP contribution in [0.1, 0.15) is 6.92 Å². The molecule has 0 saturated carbocycles. The van der Waals surface area contributed by atoms with Crippen LogP contribution >= 0.6 is 0 Å². The molecule has 0 aromatic carbocycles. The van der Waals surface area contributed by atoms with Gasteiger partial charge >= 0.3 is 5.97 Å². The molecule has 0 unspecified atom stereocenters. The van der Waals surface area contributed by atoms with Crippen LogP contribution in [-0.2, 0) is 4.79 Å². The number of rotatable bonds is 2. The zero-order chi connectivity index (χ0) is 10.3. The minimum atomic E-state index is -1.19. The normalized spacial score (nSPS) is 14.1. The van der Waals surface area contributed by atoms with Gasteiger partial charge in [0.15, 0.2) is 0 Å². The molecule has 0 radical (unpaired) electrons. The Bertz CT molecular complexity index is 182. The van der Waals surface area contributed by atoms with Crippen LogP contribution < -0.4 is 0 Å². The second-order valence-electron chi connectivity index (χ2n) is 2.65. The number of hydrogen-bond acceptors (Lipinski definition) is 4. The molecule has 5 heteroatoms. The van der Waals surface area contributed by atoms with Crippen LogP contribution in [0.5, 0.6) is 0 Å². The Morgan fingerprint density at radius 3 is 2.23 bits per heavy atom. The number of hydrogen-bond donors (Lipinski definition) is 2. The van der Waals surface area contributed by atoms with E-state index in [-0.39, 0.29) is 0 Å². The van der Waals surface area contributed by atoms with Gasteiger partial charge < -0.3 is 20.0 Å². The molecule has 0 bridgehead atoms. The van der Waals surface area contributed by atoms with Gasteiger partial charge in [0.05, 0.1) is 6.67 Å². The van der Waals surface area contributed by atoms with Crippen LogP contribution in [0, 0.1) is 0 Å². The van der Waals surface area contributed by atoms with Crippen LogP contribution in [0.2, 0.25) is 0 Å². The highest BCUT2D eigenvalue weighted by Crippen LogP contribution is 2.00. The van der Waals surface area contributed by atoms with E-state index in [4.69, 9.17) is 15.0 Å². The Labute approximate surface area is 77.9 Å². The van der Waals surface area contributed by atoms with E-state index < -0.39 is 12.6 Å². The molecular formula is C8H16N2O3. The Balaban J connectivity index is 0.000000252. The van der Waals surface area contributed by atoms with E-state index in [2.05, 4.69) is 36.2 Å². The Hall–Kier alpha value is -1.23. The molecular weight excluding hydrogens is 172 g/mol. The first-order valence-corrected chi connectivity index (χ1v) is 4.05. The van der Waals surface area contributed by atoms with Gasteiger partial charge in [0, 0.05) is 26.0 Å². The first-order valence-electron chi connectivity index (χ1n) is 4.05. The summed E-state index contributed by atoms with van der Waals surface area (Å²) in [5.74, 6) is -1.19. The van der Waals surface area contributed by atoms with Crippen molar-refractivity contribution in [2.45, 2.75) is 6.92 Å². The minimum Gasteiger partial charge on any atom is -0.480 e. The van der Waals surface area contributed by atoms with Gasteiger partial charge in [0.1, 0.15) is 6.61 Å². The predicted molar refractivity (Wildman–Crippen MR) is 48.9 cm³/mol. The van der Waals surface area contributed by atoms with Gasteiger partial charge in [-0.3, -0.25) is 0 Å². The lowest BCUT2D eigenvalue weighted by molar-refractivity contribution is -0.140. The fourth-order valence-corrected chi connectivity index (χ4v) is 0.794. The number of carboxylic acid groups (broad SMARTS) is 1. The number of aliphatic carboxylic acids is 1. The molecule has 2 N–H and O–H groups in total. The summed E-state index contributed by atoms with van der Waals surface area (Å²) >= 11 is 0. The molecule has 0 atom stereocenters. The maximum Gasteiger partial charge on any atom is 0.329 e. The van der Waals surface area contributed by atoms with Crippen LogP contribution in [-0.4, -0.2) is 52.9 Å². The molecule has 0 aromatic heterocycles.